The van der Waals surface area contributed by atoms with Gasteiger partial charge >= 0.3 is 0 Å². The number of nitrogens with zero attached hydrogens (tertiary/aromatic N) is 2. The number of fused-ring (bicyclic) bond motifs is 1. The Morgan fingerprint density at radius 1 is 1.35 bits per heavy atom. The lowest BCUT2D eigenvalue weighted by molar-refractivity contribution is 0.0909. The second-order valence-electron chi connectivity index (χ2n) is 5.81. The molecule has 0 saturated heterocycles. The number of carbonyl (C=O) groups excluding carboxylic acids is 1. The van der Waals surface area contributed by atoms with Crippen molar-refractivity contribution in [2.24, 2.45) is 0 Å². The maximum atomic E-state index is 12.9. The smallest absolute Gasteiger partial charge is 0.270 e. The van der Waals surface area contributed by atoms with Gasteiger partial charge in [0.1, 0.15) is 5.69 Å². The number of aryl methyl sites for hydroxylation is 1. The Balaban J connectivity index is 1.93. The topological polar surface area (TPSA) is 75.9 Å². The van der Waals surface area contributed by atoms with E-state index in [4.69, 9.17) is 16.3 Å². The van der Waals surface area contributed by atoms with Crippen LogP contribution < -0.4 is 10.1 Å². The Kier molecular flexibility index (Phi) is 5.44. The summed E-state index contributed by atoms with van der Waals surface area (Å²) in [6.45, 7) is 3.95. The number of aliphatic hydroxyl groups is 1. The zero-order valence-electron chi connectivity index (χ0n) is 14.6. The summed E-state index contributed by atoms with van der Waals surface area (Å²) in [5, 5.41) is 13.2. The molecule has 0 bridgehead atoms. The van der Waals surface area contributed by atoms with E-state index in [0.29, 0.717) is 34.4 Å². The lowest BCUT2D eigenvalue weighted by Crippen LogP contribution is -2.32. The number of aromatic nitrogens is 2. The number of pyridine rings is 1. The SMILES string of the molecule is CCOc1cccn2c(C(=O)N[C@@H](CO)c3ccc(Cl)cc3)c(C)nc12. The van der Waals surface area contributed by atoms with Crippen molar-refractivity contribution >= 4 is 23.2 Å². The fraction of sp³-hybridized carbons (Fsp3) is 0.263. The number of amides is 1. The van der Waals surface area contributed by atoms with Crippen LogP contribution in [-0.2, 0) is 0 Å². The highest BCUT2D eigenvalue weighted by molar-refractivity contribution is 6.30. The average Bonchev–Trinajstić information content (AvgIpc) is 2.97. The fourth-order valence-electron chi connectivity index (χ4n) is 2.85. The molecular weight excluding hydrogens is 354 g/mol. The monoisotopic (exact) mass is 373 g/mol. The minimum atomic E-state index is -0.542. The number of aliphatic hydroxyl groups excluding tert-OH is 1. The van der Waals surface area contributed by atoms with Crippen molar-refractivity contribution in [3.63, 3.8) is 0 Å². The van der Waals surface area contributed by atoms with E-state index in [-0.39, 0.29) is 12.5 Å². The van der Waals surface area contributed by atoms with Gasteiger partial charge in [-0.3, -0.25) is 9.20 Å². The molecule has 2 aromatic heterocycles. The standard InChI is InChI=1S/C19H20ClN3O3/c1-3-26-16-5-4-10-23-17(12(2)21-18(16)23)19(25)22-15(11-24)13-6-8-14(20)9-7-13/h4-10,15,24H,3,11H2,1-2H3,(H,22,25)/t15-/m0/s1. The summed E-state index contributed by atoms with van der Waals surface area (Å²) in [7, 11) is 0. The molecular formula is C19H20ClN3O3. The molecule has 1 aromatic carbocycles. The number of halogens is 1. The van der Waals surface area contributed by atoms with Crippen LogP contribution in [0, 0.1) is 6.92 Å². The third-order valence-corrected chi connectivity index (χ3v) is 4.32. The van der Waals surface area contributed by atoms with E-state index in [2.05, 4.69) is 10.3 Å². The Morgan fingerprint density at radius 2 is 2.08 bits per heavy atom. The number of benzene rings is 1. The van der Waals surface area contributed by atoms with Crippen molar-refractivity contribution in [3.8, 4) is 5.75 Å². The highest BCUT2D eigenvalue weighted by atomic mass is 35.5. The maximum absolute atomic E-state index is 12.9. The summed E-state index contributed by atoms with van der Waals surface area (Å²) in [4.78, 5) is 17.3. The van der Waals surface area contributed by atoms with Crippen molar-refractivity contribution in [1.82, 2.24) is 14.7 Å². The Hall–Kier alpha value is -2.57. The van der Waals surface area contributed by atoms with Gasteiger partial charge in [-0.05, 0) is 43.7 Å². The molecule has 6 nitrogen and oxygen atoms in total. The van der Waals surface area contributed by atoms with Crippen LogP contribution in [0.15, 0.2) is 42.6 Å². The normalized spacial score (nSPS) is 12.2. The van der Waals surface area contributed by atoms with Gasteiger partial charge in [0, 0.05) is 11.2 Å². The lowest BCUT2D eigenvalue weighted by atomic mass is 10.1. The zero-order valence-corrected chi connectivity index (χ0v) is 15.3. The van der Waals surface area contributed by atoms with Crippen molar-refractivity contribution in [2.75, 3.05) is 13.2 Å². The molecule has 0 unspecified atom stereocenters. The Labute approximate surface area is 156 Å². The van der Waals surface area contributed by atoms with Crippen molar-refractivity contribution in [1.29, 1.82) is 0 Å². The lowest BCUT2D eigenvalue weighted by Gasteiger charge is -2.17. The maximum Gasteiger partial charge on any atom is 0.270 e. The summed E-state index contributed by atoms with van der Waals surface area (Å²) in [6.07, 6.45) is 1.77. The van der Waals surface area contributed by atoms with Crippen LogP contribution in [-0.4, -0.2) is 33.6 Å². The van der Waals surface area contributed by atoms with Crippen LogP contribution >= 0.6 is 11.6 Å². The van der Waals surface area contributed by atoms with Crippen LogP contribution in [0.3, 0.4) is 0 Å². The molecule has 3 aromatic rings. The van der Waals surface area contributed by atoms with E-state index >= 15 is 0 Å². The first kappa shape index (κ1) is 18.2. The molecule has 0 aliphatic carbocycles. The van der Waals surface area contributed by atoms with Gasteiger partial charge in [-0.1, -0.05) is 23.7 Å². The van der Waals surface area contributed by atoms with Crippen molar-refractivity contribution in [2.45, 2.75) is 19.9 Å². The first-order chi connectivity index (χ1) is 12.5. The number of hydrogen-bond donors (Lipinski definition) is 2. The van der Waals surface area contributed by atoms with Gasteiger partial charge in [-0.2, -0.15) is 0 Å². The van der Waals surface area contributed by atoms with Crippen molar-refractivity contribution in [3.05, 3.63) is 64.6 Å². The summed E-state index contributed by atoms with van der Waals surface area (Å²) in [6, 6.07) is 10.1. The number of rotatable bonds is 6. The van der Waals surface area contributed by atoms with Gasteiger partial charge in [0.2, 0.25) is 0 Å². The van der Waals surface area contributed by atoms with E-state index in [1.54, 1.807) is 47.9 Å². The highest BCUT2D eigenvalue weighted by Gasteiger charge is 2.22. The molecule has 0 fully saturated rings. The van der Waals surface area contributed by atoms with Gasteiger partial charge in [-0.25, -0.2) is 4.98 Å². The molecule has 136 valence electrons. The average molecular weight is 374 g/mol. The Morgan fingerprint density at radius 3 is 2.73 bits per heavy atom. The van der Waals surface area contributed by atoms with Crippen LogP contribution in [0.1, 0.15) is 34.7 Å². The molecule has 2 N–H and O–H groups in total. The molecule has 0 aliphatic heterocycles. The van der Waals surface area contributed by atoms with E-state index in [1.165, 1.54) is 0 Å². The number of imidazole rings is 1. The second kappa shape index (κ2) is 7.76. The van der Waals surface area contributed by atoms with Crippen LogP contribution in [0.5, 0.6) is 5.75 Å². The first-order valence-electron chi connectivity index (χ1n) is 8.32. The minimum absolute atomic E-state index is 0.229. The molecule has 3 rings (SSSR count). The summed E-state index contributed by atoms with van der Waals surface area (Å²) in [5.74, 6) is 0.297. The third-order valence-electron chi connectivity index (χ3n) is 4.06. The number of hydrogen-bond acceptors (Lipinski definition) is 4. The minimum Gasteiger partial charge on any atom is -0.490 e. The second-order valence-corrected chi connectivity index (χ2v) is 6.24. The van der Waals surface area contributed by atoms with Gasteiger partial charge < -0.3 is 15.2 Å². The van der Waals surface area contributed by atoms with Crippen LogP contribution in [0.25, 0.3) is 5.65 Å². The van der Waals surface area contributed by atoms with E-state index < -0.39 is 6.04 Å². The van der Waals surface area contributed by atoms with Crippen LogP contribution in [0.4, 0.5) is 0 Å². The van der Waals surface area contributed by atoms with Crippen molar-refractivity contribution < 1.29 is 14.6 Å². The summed E-state index contributed by atoms with van der Waals surface area (Å²) < 4.78 is 7.28. The largest absolute Gasteiger partial charge is 0.490 e. The molecule has 7 heteroatoms. The molecule has 26 heavy (non-hydrogen) atoms. The highest BCUT2D eigenvalue weighted by Crippen LogP contribution is 2.23. The van der Waals surface area contributed by atoms with Gasteiger partial charge in [0.25, 0.3) is 5.91 Å². The molecule has 0 spiro atoms. The predicted octanol–water partition coefficient (Wildman–Crippen LogP) is 3.16. The van der Waals surface area contributed by atoms with E-state index in [9.17, 15) is 9.90 Å². The van der Waals surface area contributed by atoms with Gasteiger partial charge in [0.15, 0.2) is 11.4 Å². The van der Waals surface area contributed by atoms with E-state index in [1.807, 2.05) is 13.0 Å². The molecule has 1 atom stereocenters. The van der Waals surface area contributed by atoms with Gasteiger partial charge in [-0.15, -0.1) is 0 Å². The quantitative estimate of drug-likeness (QED) is 0.696. The van der Waals surface area contributed by atoms with Crippen LogP contribution in [0.2, 0.25) is 5.02 Å². The summed E-state index contributed by atoms with van der Waals surface area (Å²) >= 11 is 5.90. The fourth-order valence-corrected chi connectivity index (χ4v) is 2.98. The molecule has 0 aliphatic rings. The Bertz CT molecular complexity index is 922. The van der Waals surface area contributed by atoms with E-state index in [0.717, 1.165) is 5.56 Å². The first-order valence-corrected chi connectivity index (χ1v) is 8.70. The molecule has 2 heterocycles. The predicted molar refractivity (Wildman–Crippen MR) is 99.8 cm³/mol. The number of ether oxygens (including phenoxy) is 1. The third kappa shape index (κ3) is 3.52. The zero-order chi connectivity index (χ0) is 18.7. The number of carbonyl (C=O) groups is 1. The summed E-state index contributed by atoms with van der Waals surface area (Å²) in [5.41, 5.74) is 2.35. The molecule has 0 saturated carbocycles. The molecule has 0 radical (unpaired) electrons. The molecule has 1 amide bonds. The van der Waals surface area contributed by atoms with Gasteiger partial charge in [0.05, 0.1) is 24.9 Å². The number of nitrogens with one attached hydrogen (secondary N) is 1.